The molecule has 0 aliphatic carbocycles. The molecule has 0 saturated carbocycles. The normalized spacial score (nSPS) is 13.4. The minimum Gasteiger partial charge on any atom is -0.454 e. The summed E-state index contributed by atoms with van der Waals surface area (Å²) in [5.41, 5.74) is 19.6. The second-order valence-corrected chi connectivity index (χ2v) is 15.8. The molecule has 0 saturated heterocycles. The van der Waals surface area contributed by atoms with Gasteiger partial charge in [0.2, 0.25) is 0 Å². The molecule has 0 spiro atoms. The summed E-state index contributed by atoms with van der Waals surface area (Å²) < 4.78 is 9.29. The SMILES string of the molecule is Cc1cccc(C)c1-c1cc2c3c(c1)-n1c4c(cccc4c4oc5ccccc5c41)B3N(c1ccc(C(C)(C)C)cc1)c1ccc3ccccc3c1-2. The van der Waals surface area contributed by atoms with Crippen molar-refractivity contribution in [3.05, 3.63) is 150 Å². The number of rotatable bonds is 2. The number of aromatic nitrogens is 1. The van der Waals surface area contributed by atoms with Crippen molar-refractivity contribution in [2.45, 2.75) is 40.0 Å². The molecule has 7 aromatic carbocycles. The first-order chi connectivity index (χ1) is 25.3. The van der Waals surface area contributed by atoms with Gasteiger partial charge in [0.25, 0.3) is 0 Å². The largest absolute Gasteiger partial charge is 0.454 e. The van der Waals surface area contributed by atoms with Gasteiger partial charge in [0.1, 0.15) is 11.1 Å². The van der Waals surface area contributed by atoms with Crippen molar-refractivity contribution in [2.75, 3.05) is 4.81 Å². The summed E-state index contributed by atoms with van der Waals surface area (Å²) in [5, 5.41) is 4.81. The third-order valence-corrected chi connectivity index (χ3v) is 11.8. The molecule has 2 aliphatic heterocycles. The Morgan fingerprint density at radius 1 is 0.596 bits per heavy atom. The molecular formula is C48H37BN2O. The van der Waals surface area contributed by atoms with Crippen molar-refractivity contribution in [3.63, 3.8) is 0 Å². The number of anilines is 2. The highest BCUT2D eigenvalue weighted by atomic mass is 16.3. The third-order valence-electron chi connectivity index (χ3n) is 11.8. The second-order valence-electron chi connectivity index (χ2n) is 15.8. The number of benzene rings is 7. The van der Waals surface area contributed by atoms with Crippen molar-refractivity contribution in [2.24, 2.45) is 0 Å². The smallest absolute Gasteiger partial charge is 0.333 e. The second kappa shape index (κ2) is 10.3. The maximum atomic E-state index is 6.76. The molecule has 11 rings (SSSR count). The molecule has 0 atom stereocenters. The van der Waals surface area contributed by atoms with Crippen LogP contribution >= 0.6 is 0 Å². The average Bonchev–Trinajstić information content (AvgIpc) is 3.68. The molecule has 52 heavy (non-hydrogen) atoms. The number of aryl methyl sites for hydroxylation is 2. The summed E-state index contributed by atoms with van der Waals surface area (Å²) in [6, 6.07) is 49.8. The van der Waals surface area contributed by atoms with Crippen molar-refractivity contribution >= 4 is 72.9 Å². The minimum atomic E-state index is -0.0485. The number of hydrogen-bond donors (Lipinski definition) is 0. The van der Waals surface area contributed by atoms with E-state index in [2.05, 4.69) is 177 Å². The average molecular weight is 669 g/mol. The molecule has 9 aromatic rings. The van der Waals surface area contributed by atoms with Gasteiger partial charge in [0, 0.05) is 33.4 Å². The maximum Gasteiger partial charge on any atom is 0.333 e. The Morgan fingerprint density at radius 2 is 1.31 bits per heavy atom. The lowest BCUT2D eigenvalue weighted by atomic mass is 9.43. The van der Waals surface area contributed by atoms with Crippen LogP contribution in [0.2, 0.25) is 0 Å². The van der Waals surface area contributed by atoms with Gasteiger partial charge in [-0.25, -0.2) is 0 Å². The van der Waals surface area contributed by atoms with Gasteiger partial charge in [0.15, 0.2) is 5.58 Å². The molecular weight excluding hydrogens is 631 g/mol. The van der Waals surface area contributed by atoms with E-state index in [1.165, 1.54) is 83.2 Å². The number of para-hydroxylation sites is 2. The zero-order chi connectivity index (χ0) is 35.0. The van der Waals surface area contributed by atoms with E-state index in [-0.39, 0.29) is 12.3 Å². The molecule has 0 fully saturated rings. The quantitative estimate of drug-likeness (QED) is 0.171. The molecule has 0 bridgehead atoms. The van der Waals surface area contributed by atoms with Gasteiger partial charge in [-0.2, -0.15) is 0 Å². The van der Waals surface area contributed by atoms with E-state index in [1.807, 2.05) is 0 Å². The van der Waals surface area contributed by atoms with Crippen LogP contribution < -0.4 is 15.7 Å². The minimum absolute atomic E-state index is 0.0485. The highest BCUT2D eigenvalue weighted by Crippen LogP contribution is 2.49. The Hall–Kier alpha value is -6.00. The zero-order valence-electron chi connectivity index (χ0n) is 30.1. The fraction of sp³-hybridized carbons (Fsp3) is 0.125. The molecule has 4 heterocycles. The van der Waals surface area contributed by atoms with Crippen LogP contribution in [0.4, 0.5) is 11.4 Å². The van der Waals surface area contributed by atoms with Gasteiger partial charge >= 0.3 is 6.85 Å². The highest BCUT2D eigenvalue weighted by Gasteiger charge is 2.45. The summed E-state index contributed by atoms with van der Waals surface area (Å²) in [4.78, 5) is 2.62. The van der Waals surface area contributed by atoms with Gasteiger partial charge in [0.05, 0.1) is 5.52 Å². The van der Waals surface area contributed by atoms with Crippen LogP contribution in [0.5, 0.6) is 0 Å². The molecule has 2 aliphatic rings. The Bertz CT molecular complexity index is 2950. The van der Waals surface area contributed by atoms with Crippen LogP contribution in [0.25, 0.3) is 71.7 Å². The lowest BCUT2D eigenvalue weighted by molar-refractivity contribution is 0.590. The fourth-order valence-electron chi connectivity index (χ4n) is 9.45. The van der Waals surface area contributed by atoms with Crippen LogP contribution in [-0.4, -0.2) is 11.4 Å². The Labute approximate surface area is 303 Å². The van der Waals surface area contributed by atoms with E-state index in [9.17, 15) is 0 Å². The number of hydrogen-bond acceptors (Lipinski definition) is 2. The van der Waals surface area contributed by atoms with E-state index in [1.54, 1.807) is 0 Å². The van der Waals surface area contributed by atoms with Crippen LogP contribution in [0.1, 0.15) is 37.5 Å². The van der Waals surface area contributed by atoms with Gasteiger partial charge in [-0.3, -0.25) is 0 Å². The first-order valence-electron chi connectivity index (χ1n) is 18.4. The molecule has 0 N–H and O–H groups in total. The van der Waals surface area contributed by atoms with E-state index >= 15 is 0 Å². The van der Waals surface area contributed by atoms with E-state index < -0.39 is 0 Å². The van der Waals surface area contributed by atoms with Gasteiger partial charge in [-0.15, -0.1) is 0 Å². The molecule has 0 radical (unpaired) electrons. The Balaban J connectivity index is 1.35. The molecule has 248 valence electrons. The van der Waals surface area contributed by atoms with Crippen LogP contribution in [-0.2, 0) is 5.41 Å². The van der Waals surface area contributed by atoms with Gasteiger partial charge < -0.3 is 13.8 Å². The fourth-order valence-corrected chi connectivity index (χ4v) is 9.45. The summed E-state index contributed by atoms with van der Waals surface area (Å²) >= 11 is 0. The van der Waals surface area contributed by atoms with E-state index in [0.717, 1.165) is 27.5 Å². The first kappa shape index (κ1) is 29.7. The lowest BCUT2D eigenvalue weighted by Gasteiger charge is -2.43. The van der Waals surface area contributed by atoms with E-state index in [4.69, 9.17) is 4.42 Å². The molecule has 0 amide bonds. The number of nitrogens with zero attached hydrogens (tertiary/aromatic N) is 2. The monoisotopic (exact) mass is 668 g/mol. The van der Waals surface area contributed by atoms with Crippen LogP contribution in [0, 0.1) is 13.8 Å². The Morgan fingerprint density at radius 3 is 2.10 bits per heavy atom. The van der Waals surface area contributed by atoms with Crippen molar-refractivity contribution in [1.29, 1.82) is 0 Å². The summed E-state index contributed by atoms with van der Waals surface area (Å²) in [6.07, 6.45) is 0. The lowest BCUT2D eigenvalue weighted by Crippen LogP contribution is -2.60. The van der Waals surface area contributed by atoms with E-state index in [0.29, 0.717) is 0 Å². The maximum absolute atomic E-state index is 6.76. The van der Waals surface area contributed by atoms with Crippen LogP contribution in [0.15, 0.2) is 138 Å². The van der Waals surface area contributed by atoms with Gasteiger partial charge in [-0.05, 0) is 123 Å². The van der Waals surface area contributed by atoms with Crippen molar-refractivity contribution in [1.82, 2.24) is 4.57 Å². The Kier molecular flexibility index (Phi) is 5.88. The topological polar surface area (TPSA) is 21.3 Å². The third kappa shape index (κ3) is 3.87. The molecule has 0 unspecified atom stereocenters. The molecule has 2 aromatic heterocycles. The van der Waals surface area contributed by atoms with Crippen LogP contribution in [0.3, 0.4) is 0 Å². The standard InChI is InChI=1S/C48H37BN2O/c1-28-12-10-13-29(2)42(28)31-26-37-43-34-15-7-6-14-30(34)20-25-39(43)51(33-23-21-32(22-24-33)48(3,4)5)49-38-18-11-17-36-45(38)50(40(27-31)44(37)49)46-35-16-8-9-19-41(35)52-47(36)46/h6-27H,1-5H3. The predicted molar refractivity (Wildman–Crippen MR) is 221 cm³/mol. The number of furan rings is 1. The van der Waals surface area contributed by atoms with Gasteiger partial charge in [-0.1, -0.05) is 106 Å². The first-order valence-corrected chi connectivity index (χ1v) is 18.4. The van der Waals surface area contributed by atoms with Crippen molar-refractivity contribution in [3.8, 4) is 27.9 Å². The zero-order valence-corrected chi connectivity index (χ0v) is 30.1. The highest BCUT2D eigenvalue weighted by molar-refractivity contribution is 6.93. The molecule has 4 heteroatoms. The summed E-state index contributed by atoms with van der Waals surface area (Å²) in [6.45, 7) is 11.3. The van der Waals surface area contributed by atoms with Crippen molar-refractivity contribution < 1.29 is 4.42 Å². The molecule has 3 nitrogen and oxygen atoms in total. The predicted octanol–water partition coefficient (Wildman–Crippen LogP) is 11.5. The summed E-state index contributed by atoms with van der Waals surface area (Å²) in [7, 11) is 0. The number of fused-ring (bicyclic) bond motifs is 11. The summed E-state index contributed by atoms with van der Waals surface area (Å²) in [5.74, 6) is 0.